The zero-order valence-corrected chi connectivity index (χ0v) is 13.0. The Bertz CT molecular complexity index is 596. The summed E-state index contributed by atoms with van der Waals surface area (Å²) < 4.78 is 0. The molecule has 0 aliphatic heterocycles. The second-order valence-electron chi connectivity index (χ2n) is 4.94. The maximum Gasteiger partial charge on any atom is 0.224 e. The van der Waals surface area contributed by atoms with E-state index in [-0.39, 0.29) is 5.91 Å². The lowest BCUT2D eigenvalue weighted by Gasteiger charge is -2.06. The number of amides is 1. The smallest absolute Gasteiger partial charge is 0.224 e. The average molecular weight is 300 g/mol. The van der Waals surface area contributed by atoms with Crippen molar-refractivity contribution in [3.8, 4) is 0 Å². The number of thioether (sulfide) groups is 1. The number of aryl methyl sites for hydroxylation is 1. The Hall–Kier alpha value is -1.94. The first-order valence-corrected chi connectivity index (χ1v) is 7.97. The highest BCUT2D eigenvalue weighted by molar-refractivity contribution is 7.99. The summed E-state index contributed by atoms with van der Waals surface area (Å²) in [5.74, 6) is 0.989. The molecular weight excluding hydrogens is 280 g/mol. The molecule has 0 aliphatic carbocycles. The van der Waals surface area contributed by atoms with Crippen molar-refractivity contribution in [3.63, 3.8) is 0 Å². The van der Waals surface area contributed by atoms with Crippen molar-refractivity contribution in [1.29, 1.82) is 0 Å². The summed E-state index contributed by atoms with van der Waals surface area (Å²) >= 11 is 1.79. The average Bonchev–Trinajstić information content (AvgIpc) is 2.46. The van der Waals surface area contributed by atoms with E-state index in [2.05, 4.69) is 36.5 Å². The van der Waals surface area contributed by atoms with Crippen LogP contribution in [0.1, 0.15) is 18.4 Å². The number of rotatable bonds is 6. The van der Waals surface area contributed by atoms with E-state index in [1.807, 2.05) is 12.1 Å². The van der Waals surface area contributed by atoms with E-state index in [1.165, 1.54) is 10.5 Å². The molecule has 0 aliphatic rings. The van der Waals surface area contributed by atoms with Crippen molar-refractivity contribution in [3.05, 3.63) is 54.1 Å². The normalized spacial score (nSPS) is 10.3. The monoisotopic (exact) mass is 300 g/mol. The highest BCUT2D eigenvalue weighted by atomic mass is 32.2. The van der Waals surface area contributed by atoms with Gasteiger partial charge in [-0.05, 0) is 55.5 Å². The molecule has 0 bridgehead atoms. The third-order valence-electron chi connectivity index (χ3n) is 3.00. The van der Waals surface area contributed by atoms with Gasteiger partial charge in [0.2, 0.25) is 5.91 Å². The zero-order valence-electron chi connectivity index (χ0n) is 12.1. The van der Waals surface area contributed by atoms with Gasteiger partial charge in [-0.15, -0.1) is 11.8 Å². The Kier molecular flexibility index (Phi) is 5.69. The van der Waals surface area contributed by atoms with Gasteiger partial charge in [0.1, 0.15) is 0 Å². The Labute approximate surface area is 129 Å². The molecule has 0 spiro atoms. The minimum absolute atomic E-state index is 0.0459. The number of hydrogen-bond acceptors (Lipinski definition) is 3. The summed E-state index contributed by atoms with van der Waals surface area (Å²) in [4.78, 5) is 13.1. The molecule has 2 aromatic carbocycles. The number of hydrogen-bond donors (Lipinski definition) is 2. The van der Waals surface area contributed by atoms with Crippen LogP contribution in [0, 0.1) is 6.92 Å². The Balaban J connectivity index is 1.68. The number of benzene rings is 2. The number of carbonyl (C=O) groups excluding carboxylic acids is 1. The van der Waals surface area contributed by atoms with Gasteiger partial charge in [-0.2, -0.15) is 0 Å². The van der Waals surface area contributed by atoms with Crippen LogP contribution in [-0.4, -0.2) is 11.7 Å². The summed E-state index contributed by atoms with van der Waals surface area (Å²) in [5.41, 5.74) is 8.36. The standard InChI is InChI=1S/C17H20N2OS/c1-13-4-2-5-16(12-13)21-11-3-6-17(20)19-15-9-7-14(18)8-10-15/h2,4-5,7-10,12H,3,6,11,18H2,1H3,(H,19,20). The predicted molar refractivity (Wildman–Crippen MR) is 90.6 cm³/mol. The lowest BCUT2D eigenvalue weighted by molar-refractivity contribution is -0.116. The van der Waals surface area contributed by atoms with Crippen molar-refractivity contribution in [1.82, 2.24) is 0 Å². The van der Waals surface area contributed by atoms with Crippen LogP contribution < -0.4 is 11.1 Å². The number of carbonyl (C=O) groups is 1. The molecule has 0 atom stereocenters. The van der Waals surface area contributed by atoms with Crippen LogP contribution in [0.4, 0.5) is 11.4 Å². The quantitative estimate of drug-likeness (QED) is 0.480. The molecule has 3 nitrogen and oxygen atoms in total. The summed E-state index contributed by atoms with van der Waals surface area (Å²) in [6.45, 7) is 2.09. The molecule has 0 saturated carbocycles. The van der Waals surface area contributed by atoms with Crippen LogP contribution in [0.25, 0.3) is 0 Å². The maximum absolute atomic E-state index is 11.8. The van der Waals surface area contributed by atoms with Gasteiger partial charge in [0, 0.05) is 22.7 Å². The first-order valence-electron chi connectivity index (χ1n) is 6.98. The minimum Gasteiger partial charge on any atom is -0.399 e. The Morgan fingerprint density at radius 3 is 2.67 bits per heavy atom. The third-order valence-corrected chi connectivity index (χ3v) is 4.08. The lowest BCUT2D eigenvalue weighted by atomic mass is 10.2. The van der Waals surface area contributed by atoms with Crippen molar-refractivity contribution in [2.24, 2.45) is 0 Å². The number of nitrogen functional groups attached to an aromatic ring is 1. The molecule has 0 heterocycles. The topological polar surface area (TPSA) is 55.1 Å². The van der Waals surface area contributed by atoms with Gasteiger partial charge in [0.25, 0.3) is 0 Å². The van der Waals surface area contributed by atoms with Crippen LogP contribution in [0.5, 0.6) is 0 Å². The second kappa shape index (κ2) is 7.74. The van der Waals surface area contributed by atoms with Crippen LogP contribution in [0.15, 0.2) is 53.4 Å². The third kappa shape index (κ3) is 5.52. The fourth-order valence-electron chi connectivity index (χ4n) is 1.92. The van der Waals surface area contributed by atoms with E-state index >= 15 is 0 Å². The van der Waals surface area contributed by atoms with Crippen LogP contribution in [0.2, 0.25) is 0 Å². The highest BCUT2D eigenvalue weighted by Crippen LogP contribution is 2.20. The number of nitrogens with one attached hydrogen (secondary N) is 1. The lowest BCUT2D eigenvalue weighted by Crippen LogP contribution is -2.11. The molecule has 0 unspecified atom stereocenters. The van der Waals surface area contributed by atoms with E-state index in [9.17, 15) is 4.79 Å². The van der Waals surface area contributed by atoms with Gasteiger partial charge >= 0.3 is 0 Å². The first-order chi connectivity index (χ1) is 10.1. The molecule has 21 heavy (non-hydrogen) atoms. The number of anilines is 2. The van der Waals surface area contributed by atoms with E-state index in [1.54, 1.807) is 23.9 Å². The number of nitrogens with two attached hydrogens (primary N) is 1. The van der Waals surface area contributed by atoms with Crippen LogP contribution in [-0.2, 0) is 4.79 Å². The van der Waals surface area contributed by atoms with Crippen LogP contribution in [0.3, 0.4) is 0 Å². The van der Waals surface area contributed by atoms with Gasteiger partial charge in [-0.25, -0.2) is 0 Å². The molecular formula is C17H20N2OS. The van der Waals surface area contributed by atoms with Gasteiger partial charge in [0.05, 0.1) is 0 Å². The molecule has 110 valence electrons. The molecule has 0 saturated heterocycles. The zero-order chi connectivity index (χ0) is 15.1. The Morgan fingerprint density at radius 1 is 1.19 bits per heavy atom. The molecule has 2 aromatic rings. The first kappa shape index (κ1) is 15.4. The fraction of sp³-hybridized carbons (Fsp3) is 0.235. The van der Waals surface area contributed by atoms with E-state index in [0.717, 1.165) is 17.9 Å². The summed E-state index contributed by atoms with van der Waals surface area (Å²) in [7, 11) is 0. The van der Waals surface area contributed by atoms with Gasteiger partial charge in [-0.3, -0.25) is 4.79 Å². The molecule has 3 N–H and O–H groups in total. The van der Waals surface area contributed by atoms with Crippen LogP contribution >= 0.6 is 11.8 Å². The van der Waals surface area contributed by atoms with E-state index < -0.39 is 0 Å². The molecule has 0 aromatic heterocycles. The van der Waals surface area contributed by atoms with E-state index in [4.69, 9.17) is 5.73 Å². The molecule has 0 radical (unpaired) electrons. The van der Waals surface area contributed by atoms with Crippen molar-refractivity contribution in [2.75, 3.05) is 16.8 Å². The summed E-state index contributed by atoms with van der Waals surface area (Å²) in [5, 5.41) is 2.87. The second-order valence-corrected chi connectivity index (χ2v) is 6.11. The molecule has 0 fully saturated rings. The molecule has 2 rings (SSSR count). The molecule has 1 amide bonds. The van der Waals surface area contributed by atoms with Gasteiger partial charge < -0.3 is 11.1 Å². The van der Waals surface area contributed by atoms with Crippen molar-refractivity contribution in [2.45, 2.75) is 24.7 Å². The summed E-state index contributed by atoms with van der Waals surface area (Å²) in [6, 6.07) is 15.6. The van der Waals surface area contributed by atoms with Gasteiger partial charge in [-0.1, -0.05) is 17.7 Å². The van der Waals surface area contributed by atoms with Crippen molar-refractivity contribution < 1.29 is 4.79 Å². The van der Waals surface area contributed by atoms with Crippen molar-refractivity contribution >= 4 is 29.0 Å². The largest absolute Gasteiger partial charge is 0.399 e. The molecule has 4 heteroatoms. The fourth-order valence-corrected chi connectivity index (χ4v) is 2.89. The van der Waals surface area contributed by atoms with Gasteiger partial charge in [0.15, 0.2) is 0 Å². The highest BCUT2D eigenvalue weighted by Gasteiger charge is 2.02. The Morgan fingerprint density at radius 2 is 1.95 bits per heavy atom. The maximum atomic E-state index is 11.8. The predicted octanol–water partition coefficient (Wildman–Crippen LogP) is 4.09. The van der Waals surface area contributed by atoms with E-state index in [0.29, 0.717) is 12.1 Å². The minimum atomic E-state index is 0.0459. The SMILES string of the molecule is Cc1cccc(SCCCC(=O)Nc2ccc(N)cc2)c1. The summed E-state index contributed by atoms with van der Waals surface area (Å²) in [6.07, 6.45) is 1.39.